The second-order valence-electron chi connectivity index (χ2n) is 10.2. The molecule has 1 saturated heterocycles. The number of aromatic nitrogens is 3. The van der Waals surface area contributed by atoms with Gasteiger partial charge in [-0.3, -0.25) is 4.79 Å². The number of nitrogens with zero attached hydrogens (tertiary/aromatic N) is 4. The molecular weight excluding hydrogens is 496 g/mol. The molecule has 0 atom stereocenters. The predicted molar refractivity (Wildman–Crippen MR) is 153 cm³/mol. The first-order valence-corrected chi connectivity index (χ1v) is 14.4. The van der Waals surface area contributed by atoms with E-state index in [4.69, 9.17) is 25.2 Å². The fraction of sp³-hybridized carbons (Fsp3) is 0.643. The number of carbonyl (C=O) groups excluding carboxylic acids is 1. The quantitative estimate of drug-likeness (QED) is 0.235. The van der Waals surface area contributed by atoms with Crippen molar-refractivity contribution in [3.8, 4) is 0 Å². The molecule has 1 amide bonds. The van der Waals surface area contributed by atoms with Gasteiger partial charge in [-0.15, -0.1) is 0 Å². The summed E-state index contributed by atoms with van der Waals surface area (Å²) in [5.74, 6) is 2.49. The van der Waals surface area contributed by atoms with Gasteiger partial charge in [0.05, 0.1) is 26.4 Å². The van der Waals surface area contributed by atoms with Crippen LogP contribution in [0.4, 0.5) is 17.8 Å². The van der Waals surface area contributed by atoms with Crippen molar-refractivity contribution in [3.05, 3.63) is 35.4 Å². The van der Waals surface area contributed by atoms with Crippen molar-refractivity contribution < 1.29 is 14.3 Å². The molecule has 2 aliphatic rings. The number of rotatable bonds is 16. The minimum atomic E-state index is -0.126. The summed E-state index contributed by atoms with van der Waals surface area (Å²) < 4.78 is 10.7. The normalized spacial score (nSPS) is 15.9. The van der Waals surface area contributed by atoms with Crippen LogP contribution in [-0.2, 0) is 16.0 Å². The van der Waals surface area contributed by atoms with E-state index >= 15 is 0 Å². The Morgan fingerprint density at radius 2 is 1.56 bits per heavy atom. The Hall–Kier alpha value is -3.02. The van der Waals surface area contributed by atoms with E-state index in [1.165, 1.54) is 32.1 Å². The van der Waals surface area contributed by atoms with E-state index in [-0.39, 0.29) is 5.91 Å². The molecule has 11 nitrogen and oxygen atoms in total. The monoisotopic (exact) mass is 540 g/mol. The van der Waals surface area contributed by atoms with Gasteiger partial charge in [-0.05, 0) is 49.3 Å². The molecule has 1 aliphatic carbocycles. The average Bonchev–Trinajstić information content (AvgIpc) is 3.52. The standard InChI is InChI=1S/C28H44N8O3/c29-12-16-38-18-19-39-17-13-30-25(37)24-10-8-23(9-11-24)21-32-27-33-26(31-20-22-6-2-1-3-7-22)34-28(35-27)36-14-4-5-15-36/h8-11,22H,1-7,12-21,29H2,(H,30,37)(H2,31,32,33,34,35). The van der Waals surface area contributed by atoms with E-state index in [9.17, 15) is 4.79 Å². The van der Waals surface area contributed by atoms with Gasteiger partial charge >= 0.3 is 0 Å². The number of ether oxygens (including phenoxy) is 2. The molecule has 1 aromatic carbocycles. The predicted octanol–water partition coefficient (Wildman–Crippen LogP) is 2.80. The number of benzene rings is 1. The van der Waals surface area contributed by atoms with E-state index in [1.807, 2.05) is 24.3 Å². The molecule has 2 aromatic rings. The number of anilines is 3. The molecule has 2 heterocycles. The molecule has 1 saturated carbocycles. The summed E-state index contributed by atoms with van der Waals surface area (Å²) in [6.45, 7) is 6.29. The van der Waals surface area contributed by atoms with Crippen LogP contribution in [-0.4, -0.2) is 80.0 Å². The fourth-order valence-corrected chi connectivity index (χ4v) is 4.91. The van der Waals surface area contributed by atoms with Gasteiger partial charge in [0.1, 0.15) is 0 Å². The second kappa shape index (κ2) is 16.2. The van der Waals surface area contributed by atoms with Gasteiger partial charge in [0.2, 0.25) is 17.8 Å². The van der Waals surface area contributed by atoms with Crippen LogP contribution >= 0.6 is 0 Å². The average molecular weight is 541 g/mol. The lowest BCUT2D eigenvalue weighted by Gasteiger charge is -2.22. The highest BCUT2D eigenvalue weighted by Crippen LogP contribution is 2.24. The van der Waals surface area contributed by atoms with Crippen molar-refractivity contribution in [3.63, 3.8) is 0 Å². The lowest BCUT2D eigenvalue weighted by Crippen LogP contribution is -2.27. The van der Waals surface area contributed by atoms with Crippen molar-refractivity contribution >= 4 is 23.8 Å². The van der Waals surface area contributed by atoms with Crippen molar-refractivity contribution in [2.24, 2.45) is 11.7 Å². The van der Waals surface area contributed by atoms with E-state index in [0.29, 0.717) is 69.4 Å². The zero-order valence-corrected chi connectivity index (χ0v) is 23.0. The number of carbonyl (C=O) groups is 1. The van der Waals surface area contributed by atoms with Crippen LogP contribution in [0.15, 0.2) is 24.3 Å². The van der Waals surface area contributed by atoms with Gasteiger partial charge in [-0.25, -0.2) is 0 Å². The maximum Gasteiger partial charge on any atom is 0.251 e. The zero-order chi connectivity index (χ0) is 27.1. The van der Waals surface area contributed by atoms with Crippen LogP contribution in [0.3, 0.4) is 0 Å². The van der Waals surface area contributed by atoms with E-state index < -0.39 is 0 Å². The molecule has 0 bridgehead atoms. The van der Waals surface area contributed by atoms with Crippen molar-refractivity contribution in [1.82, 2.24) is 20.3 Å². The summed E-state index contributed by atoms with van der Waals surface area (Å²) in [4.78, 5) is 28.7. The van der Waals surface area contributed by atoms with Gasteiger partial charge in [0.25, 0.3) is 5.91 Å². The molecule has 2 fully saturated rings. The van der Waals surface area contributed by atoms with Crippen LogP contribution in [0.5, 0.6) is 0 Å². The van der Waals surface area contributed by atoms with E-state index in [0.717, 1.165) is 44.0 Å². The largest absolute Gasteiger partial charge is 0.378 e. The molecule has 39 heavy (non-hydrogen) atoms. The second-order valence-corrected chi connectivity index (χ2v) is 10.2. The minimum absolute atomic E-state index is 0.126. The van der Waals surface area contributed by atoms with Gasteiger partial charge in [0.15, 0.2) is 0 Å². The number of nitrogens with two attached hydrogens (primary N) is 1. The third kappa shape index (κ3) is 9.90. The first kappa shape index (κ1) is 29.0. The van der Waals surface area contributed by atoms with Crippen LogP contribution in [0.1, 0.15) is 60.9 Å². The highest BCUT2D eigenvalue weighted by atomic mass is 16.5. The molecule has 4 rings (SSSR count). The zero-order valence-electron chi connectivity index (χ0n) is 23.0. The van der Waals surface area contributed by atoms with Crippen LogP contribution in [0.25, 0.3) is 0 Å². The first-order chi connectivity index (χ1) is 19.2. The SMILES string of the molecule is NCCOCCOCCNC(=O)c1ccc(CNc2nc(NCC3CCCCC3)nc(N3CCCC3)n2)cc1. The molecule has 0 spiro atoms. The Morgan fingerprint density at radius 1 is 0.872 bits per heavy atom. The molecule has 214 valence electrons. The summed E-state index contributed by atoms with van der Waals surface area (Å²) in [7, 11) is 0. The highest BCUT2D eigenvalue weighted by Gasteiger charge is 2.19. The summed E-state index contributed by atoms with van der Waals surface area (Å²) in [6.07, 6.45) is 8.85. The molecule has 11 heteroatoms. The number of amides is 1. The Labute approximate surface area is 231 Å². The van der Waals surface area contributed by atoms with Crippen LogP contribution < -0.4 is 26.6 Å². The van der Waals surface area contributed by atoms with Gasteiger partial charge in [-0.2, -0.15) is 15.0 Å². The molecule has 0 unspecified atom stereocenters. The van der Waals surface area contributed by atoms with Gasteiger partial charge < -0.3 is 36.1 Å². The Balaban J connectivity index is 1.25. The number of hydrogen-bond acceptors (Lipinski definition) is 10. The molecule has 0 radical (unpaired) electrons. The van der Waals surface area contributed by atoms with Crippen molar-refractivity contribution in [2.45, 2.75) is 51.5 Å². The number of hydrogen-bond donors (Lipinski definition) is 4. The Kier molecular flexibility index (Phi) is 12.0. The third-order valence-corrected chi connectivity index (χ3v) is 7.12. The van der Waals surface area contributed by atoms with Gasteiger partial charge in [-0.1, -0.05) is 31.4 Å². The lowest BCUT2D eigenvalue weighted by atomic mass is 9.89. The van der Waals surface area contributed by atoms with E-state index in [1.54, 1.807) is 0 Å². The summed E-state index contributed by atoms with van der Waals surface area (Å²) in [6, 6.07) is 7.54. The lowest BCUT2D eigenvalue weighted by molar-refractivity contribution is 0.0511. The summed E-state index contributed by atoms with van der Waals surface area (Å²) >= 11 is 0. The van der Waals surface area contributed by atoms with Crippen LogP contribution in [0, 0.1) is 5.92 Å². The maximum absolute atomic E-state index is 12.4. The molecule has 1 aromatic heterocycles. The number of nitrogens with one attached hydrogen (secondary N) is 3. The highest BCUT2D eigenvalue weighted by molar-refractivity contribution is 5.94. The van der Waals surface area contributed by atoms with Crippen molar-refractivity contribution in [2.75, 3.05) is 74.7 Å². The maximum atomic E-state index is 12.4. The summed E-state index contributed by atoms with van der Waals surface area (Å²) in [5, 5.41) is 9.71. The first-order valence-electron chi connectivity index (χ1n) is 14.4. The Bertz CT molecular complexity index is 995. The summed E-state index contributed by atoms with van der Waals surface area (Å²) in [5.41, 5.74) is 7.01. The van der Waals surface area contributed by atoms with Crippen molar-refractivity contribution in [1.29, 1.82) is 0 Å². The van der Waals surface area contributed by atoms with Gasteiger partial charge in [0, 0.05) is 44.8 Å². The Morgan fingerprint density at radius 3 is 2.28 bits per heavy atom. The minimum Gasteiger partial charge on any atom is -0.378 e. The van der Waals surface area contributed by atoms with E-state index in [2.05, 4.69) is 25.8 Å². The van der Waals surface area contributed by atoms with Crippen LogP contribution in [0.2, 0.25) is 0 Å². The smallest absolute Gasteiger partial charge is 0.251 e. The topological polar surface area (TPSA) is 140 Å². The molecule has 1 aliphatic heterocycles. The third-order valence-electron chi connectivity index (χ3n) is 7.12. The fourth-order valence-electron chi connectivity index (χ4n) is 4.91. The molecule has 5 N–H and O–H groups in total. The molecular formula is C28H44N8O3.